The predicted octanol–water partition coefficient (Wildman–Crippen LogP) is 1.76. The zero-order valence-corrected chi connectivity index (χ0v) is 15.9. The molecule has 1 fully saturated rings. The van der Waals surface area contributed by atoms with Gasteiger partial charge in [0.15, 0.2) is 11.6 Å². The smallest absolute Gasteiger partial charge is 0.244 e. The van der Waals surface area contributed by atoms with Gasteiger partial charge in [-0.15, -0.1) is 0 Å². The Bertz CT molecular complexity index is 855. The average molecular weight is 395 g/mol. The highest BCUT2D eigenvalue weighted by molar-refractivity contribution is 7.89. The monoisotopic (exact) mass is 395 g/mol. The summed E-state index contributed by atoms with van der Waals surface area (Å²) >= 11 is 0. The molecule has 7 nitrogen and oxygen atoms in total. The number of rotatable bonds is 7. The van der Waals surface area contributed by atoms with Crippen LogP contribution in [-0.2, 0) is 14.8 Å². The number of halogens is 1. The molecule has 1 aliphatic heterocycles. The van der Waals surface area contributed by atoms with Crippen LogP contribution in [0.1, 0.15) is 0 Å². The van der Waals surface area contributed by atoms with Crippen LogP contribution in [0.2, 0.25) is 0 Å². The normalized spacial score (nSPS) is 15.5. The van der Waals surface area contributed by atoms with Crippen LogP contribution >= 0.6 is 0 Å². The fourth-order valence-corrected chi connectivity index (χ4v) is 4.01. The fraction of sp³-hybridized carbons (Fsp3) is 0.389. The van der Waals surface area contributed by atoms with E-state index >= 15 is 0 Å². The second-order valence-electron chi connectivity index (χ2n) is 6.07. The Morgan fingerprint density at radius 2 is 1.96 bits per heavy atom. The molecule has 0 radical (unpaired) electrons. The van der Waals surface area contributed by atoms with E-state index < -0.39 is 15.8 Å². The largest absolute Gasteiger partial charge is 0.489 e. The molecule has 0 amide bonds. The standard InChI is InChI=1S/C18H22FN3O4S/c1-21(8-13-26-17-5-3-2-4-16(17)19)18-7-6-15(14-20-18)27(23,24)22-9-11-25-12-10-22/h2-7,14H,8-13H2,1H3. The maximum atomic E-state index is 13.5. The molecule has 9 heteroatoms. The molecule has 3 rings (SSSR count). The Hall–Kier alpha value is -2.23. The molecule has 0 unspecified atom stereocenters. The summed E-state index contributed by atoms with van der Waals surface area (Å²) < 4.78 is 50.7. The van der Waals surface area contributed by atoms with Crippen molar-refractivity contribution in [3.63, 3.8) is 0 Å². The van der Waals surface area contributed by atoms with Gasteiger partial charge in [0, 0.05) is 26.3 Å². The van der Waals surface area contributed by atoms with E-state index in [9.17, 15) is 12.8 Å². The predicted molar refractivity (Wildman–Crippen MR) is 99.0 cm³/mol. The molecule has 0 bridgehead atoms. The molecule has 146 valence electrons. The Kier molecular flexibility index (Phi) is 6.25. The average Bonchev–Trinajstić information content (AvgIpc) is 2.70. The number of para-hydroxylation sites is 1. The molecule has 1 aromatic heterocycles. The van der Waals surface area contributed by atoms with Crippen LogP contribution in [0.3, 0.4) is 0 Å². The van der Waals surface area contributed by atoms with E-state index in [-0.39, 0.29) is 17.3 Å². The Morgan fingerprint density at radius 1 is 1.22 bits per heavy atom. The summed E-state index contributed by atoms with van der Waals surface area (Å²) in [5.74, 6) is 0.398. The van der Waals surface area contributed by atoms with Gasteiger partial charge in [0.25, 0.3) is 0 Å². The van der Waals surface area contributed by atoms with Crippen LogP contribution in [0, 0.1) is 5.82 Å². The number of hydrogen-bond donors (Lipinski definition) is 0. The summed E-state index contributed by atoms with van der Waals surface area (Å²) in [6, 6.07) is 9.41. The quantitative estimate of drug-likeness (QED) is 0.711. The lowest BCUT2D eigenvalue weighted by atomic mass is 10.3. The van der Waals surface area contributed by atoms with Gasteiger partial charge in [-0.1, -0.05) is 12.1 Å². The lowest BCUT2D eigenvalue weighted by molar-refractivity contribution is 0.0730. The molecular weight excluding hydrogens is 373 g/mol. The summed E-state index contributed by atoms with van der Waals surface area (Å²) in [6.45, 7) is 2.23. The lowest BCUT2D eigenvalue weighted by Crippen LogP contribution is -2.40. The summed E-state index contributed by atoms with van der Waals surface area (Å²) in [7, 11) is -1.75. The zero-order chi connectivity index (χ0) is 19.3. The highest BCUT2D eigenvalue weighted by Crippen LogP contribution is 2.19. The number of morpholine rings is 1. The summed E-state index contributed by atoms with van der Waals surface area (Å²) in [5.41, 5.74) is 0. The third-order valence-corrected chi connectivity index (χ3v) is 6.12. The van der Waals surface area contributed by atoms with Crippen molar-refractivity contribution in [1.82, 2.24) is 9.29 Å². The number of benzene rings is 1. The van der Waals surface area contributed by atoms with Crippen molar-refractivity contribution in [3.05, 3.63) is 48.4 Å². The number of nitrogens with zero attached hydrogens (tertiary/aromatic N) is 3. The maximum Gasteiger partial charge on any atom is 0.244 e. The Labute approximate surface area is 158 Å². The molecule has 1 aliphatic rings. The van der Waals surface area contributed by atoms with Gasteiger partial charge < -0.3 is 14.4 Å². The minimum atomic E-state index is -3.56. The van der Waals surface area contributed by atoms with Crippen molar-refractivity contribution < 1.29 is 22.3 Å². The van der Waals surface area contributed by atoms with E-state index in [2.05, 4.69) is 4.98 Å². The van der Waals surface area contributed by atoms with Crippen molar-refractivity contribution >= 4 is 15.8 Å². The van der Waals surface area contributed by atoms with Crippen LogP contribution in [-0.4, -0.2) is 64.2 Å². The topological polar surface area (TPSA) is 72.0 Å². The molecule has 0 atom stereocenters. The van der Waals surface area contributed by atoms with E-state index in [1.165, 1.54) is 16.6 Å². The first-order chi connectivity index (χ1) is 13.0. The minimum Gasteiger partial charge on any atom is -0.489 e. The molecule has 0 saturated carbocycles. The first-order valence-corrected chi connectivity index (χ1v) is 10.0. The van der Waals surface area contributed by atoms with Gasteiger partial charge in [-0.2, -0.15) is 4.31 Å². The highest BCUT2D eigenvalue weighted by atomic mass is 32.2. The molecule has 2 aromatic rings. The van der Waals surface area contributed by atoms with Crippen molar-refractivity contribution in [1.29, 1.82) is 0 Å². The fourth-order valence-electron chi connectivity index (χ4n) is 2.66. The van der Waals surface area contributed by atoms with Gasteiger partial charge in [0.05, 0.1) is 19.8 Å². The summed E-state index contributed by atoms with van der Waals surface area (Å²) in [6.07, 6.45) is 1.36. The zero-order valence-electron chi connectivity index (χ0n) is 15.0. The van der Waals surface area contributed by atoms with Crippen molar-refractivity contribution in [3.8, 4) is 5.75 Å². The number of aromatic nitrogens is 1. The van der Waals surface area contributed by atoms with E-state index in [0.29, 0.717) is 38.7 Å². The van der Waals surface area contributed by atoms with E-state index in [4.69, 9.17) is 9.47 Å². The van der Waals surface area contributed by atoms with Crippen molar-refractivity contribution in [2.75, 3.05) is 51.4 Å². The van der Waals surface area contributed by atoms with Gasteiger partial charge in [-0.25, -0.2) is 17.8 Å². The third kappa shape index (κ3) is 4.74. The molecule has 0 aliphatic carbocycles. The first kappa shape index (κ1) is 19.5. The number of anilines is 1. The summed E-state index contributed by atoms with van der Waals surface area (Å²) in [4.78, 5) is 6.21. The van der Waals surface area contributed by atoms with Gasteiger partial charge in [0.1, 0.15) is 17.3 Å². The first-order valence-electron chi connectivity index (χ1n) is 8.61. The molecule has 27 heavy (non-hydrogen) atoms. The Balaban J connectivity index is 1.58. The number of likely N-dealkylation sites (N-methyl/N-ethyl adjacent to an activating group) is 1. The number of ether oxygens (including phenoxy) is 2. The minimum absolute atomic E-state index is 0.157. The van der Waals surface area contributed by atoms with E-state index in [0.717, 1.165) is 0 Å². The highest BCUT2D eigenvalue weighted by Gasteiger charge is 2.26. The number of pyridine rings is 1. The maximum absolute atomic E-state index is 13.5. The summed E-state index contributed by atoms with van der Waals surface area (Å²) in [5, 5.41) is 0. The molecule has 1 aromatic carbocycles. The van der Waals surface area contributed by atoms with Crippen LogP contribution in [0.25, 0.3) is 0 Å². The van der Waals surface area contributed by atoms with E-state index in [1.807, 2.05) is 11.9 Å². The third-order valence-electron chi connectivity index (χ3n) is 4.24. The van der Waals surface area contributed by atoms with Crippen molar-refractivity contribution in [2.24, 2.45) is 0 Å². The van der Waals surface area contributed by atoms with Crippen molar-refractivity contribution in [2.45, 2.75) is 4.90 Å². The molecule has 2 heterocycles. The number of sulfonamides is 1. The molecule has 0 N–H and O–H groups in total. The van der Waals surface area contributed by atoms with Crippen LogP contribution in [0.15, 0.2) is 47.5 Å². The van der Waals surface area contributed by atoms with Crippen LogP contribution < -0.4 is 9.64 Å². The SMILES string of the molecule is CN(CCOc1ccccc1F)c1ccc(S(=O)(=O)N2CCOCC2)cn1. The van der Waals surface area contributed by atoms with Crippen LogP contribution in [0.4, 0.5) is 10.2 Å². The second-order valence-corrected chi connectivity index (χ2v) is 8.01. The van der Waals surface area contributed by atoms with Gasteiger partial charge in [0.2, 0.25) is 10.0 Å². The molecular formula is C18H22FN3O4S. The lowest BCUT2D eigenvalue weighted by Gasteiger charge is -2.26. The van der Waals surface area contributed by atoms with E-state index in [1.54, 1.807) is 30.3 Å². The van der Waals surface area contributed by atoms with Gasteiger partial charge >= 0.3 is 0 Å². The number of hydrogen-bond acceptors (Lipinski definition) is 6. The van der Waals surface area contributed by atoms with Gasteiger partial charge in [-0.05, 0) is 24.3 Å². The molecule has 1 saturated heterocycles. The van der Waals surface area contributed by atoms with Crippen LogP contribution in [0.5, 0.6) is 5.75 Å². The molecule has 0 spiro atoms. The second kappa shape index (κ2) is 8.64. The Morgan fingerprint density at radius 3 is 2.63 bits per heavy atom. The van der Waals surface area contributed by atoms with Gasteiger partial charge in [-0.3, -0.25) is 0 Å².